The van der Waals surface area contributed by atoms with Gasteiger partial charge in [0.15, 0.2) is 9.84 Å². The summed E-state index contributed by atoms with van der Waals surface area (Å²) >= 11 is 0. The molecule has 5 nitrogen and oxygen atoms in total. The molecule has 0 bridgehead atoms. The third-order valence-corrected chi connectivity index (χ3v) is 3.81. The van der Waals surface area contributed by atoms with E-state index in [4.69, 9.17) is 5.11 Å². The maximum absolute atomic E-state index is 11.3. The van der Waals surface area contributed by atoms with E-state index in [9.17, 15) is 13.2 Å². The van der Waals surface area contributed by atoms with Gasteiger partial charge in [-0.05, 0) is 37.1 Å². The van der Waals surface area contributed by atoms with Gasteiger partial charge in [-0.3, -0.25) is 4.79 Å². The molecular formula is C13H19NO4S. The first-order chi connectivity index (χ1) is 8.89. The van der Waals surface area contributed by atoms with Crippen molar-refractivity contribution in [1.29, 1.82) is 0 Å². The predicted octanol–water partition coefficient (Wildman–Crippen LogP) is 2.15. The minimum absolute atomic E-state index is 0.211. The zero-order valence-electron chi connectivity index (χ0n) is 10.9. The molecular weight excluding hydrogens is 266 g/mol. The van der Waals surface area contributed by atoms with E-state index < -0.39 is 15.8 Å². The number of nitrogens with one attached hydrogen (secondary N) is 1. The van der Waals surface area contributed by atoms with Gasteiger partial charge in [-0.25, -0.2) is 8.42 Å². The van der Waals surface area contributed by atoms with Crippen molar-refractivity contribution in [1.82, 2.24) is 0 Å². The number of carboxylic acid groups (broad SMARTS) is 1. The van der Waals surface area contributed by atoms with Crippen molar-refractivity contribution in [3.63, 3.8) is 0 Å². The topological polar surface area (TPSA) is 83.5 Å². The summed E-state index contributed by atoms with van der Waals surface area (Å²) in [6, 6.07) is 6.60. The van der Waals surface area contributed by atoms with Crippen LogP contribution in [-0.2, 0) is 14.6 Å². The Labute approximate surface area is 113 Å². The summed E-state index contributed by atoms with van der Waals surface area (Å²) in [5, 5.41) is 11.6. The number of carbonyl (C=O) groups is 1. The predicted molar refractivity (Wildman–Crippen MR) is 74.1 cm³/mol. The lowest BCUT2D eigenvalue weighted by atomic mass is 10.2. The van der Waals surface area contributed by atoms with Crippen LogP contribution in [0.3, 0.4) is 0 Å². The normalized spacial score (nSPS) is 11.2. The maximum Gasteiger partial charge on any atom is 0.303 e. The molecule has 6 heteroatoms. The largest absolute Gasteiger partial charge is 0.481 e. The zero-order chi connectivity index (χ0) is 14.3. The first-order valence-electron chi connectivity index (χ1n) is 6.15. The van der Waals surface area contributed by atoms with E-state index in [2.05, 4.69) is 5.32 Å². The Morgan fingerprint density at radius 2 is 1.79 bits per heavy atom. The van der Waals surface area contributed by atoms with E-state index in [-0.39, 0.29) is 6.42 Å². The second kappa shape index (κ2) is 7.13. The molecule has 0 aliphatic heterocycles. The summed E-state index contributed by atoms with van der Waals surface area (Å²) in [5.41, 5.74) is 0.866. The van der Waals surface area contributed by atoms with Gasteiger partial charge in [-0.15, -0.1) is 0 Å². The van der Waals surface area contributed by atoms with E-state index in [1.807, 2.05) is 0 Å². The van der Waals surface area contributed by atoms with Crippen molar-refractivity contribution >= 4 is 21.5 Å². The standard InChI is InChI=1S/C13H19NO4S/c1-19(17,18)12-8-6-11(7-9-12)14-10-4-2-3-5-13(15)16/h6-9,14H,2-5,10H2,1H3,(H,15,16). The average Bonchev–Trinajstić information content (AvgIpc) is 2.32. The number of unbranched alkanes of at least 4 members (excludes halogenated alkanes) is 2. The SMILES string of the molecule is CS(=O)(=O)c1ccc(NCCCCCC(=O)O)cc1. The Kier molecular flexibility index (Phi) is 5.82. The molecule has 19 heavy (non-hydrogen) atoms. The van der Waals surface area contributed by atoms with Gasteiger partial charge in [-0.1, -0.05) is 6.42 Å². The number of carboxylic acids is 1. The molecule has 0 amide bonds. The first kappa shape index (κ1) is 15.5. The van der Waals surface area contributed by atoms with Gasteiger partial charge < -0.3 is 10.4 Å². The molecule has 0 aliphatic rings. The number of sulfone groups is 1. The molecule has 0 saturated heterocycles. The minimum Gasteiger partial charge on any atom is -0.481 e. The van der Waals surface area contributed by atoms with Crippen LogP contribution in [0.2, 0.25) is 0 Å². The van der Waals surface area contributed by atoms with Crippen molar-refractivity contribution in [2.75, 3.05) is 18.1 Å². The van der Waals surface area contributed by atoms with E-state index in [0.717, 1.165) is 25.1 Å². The summed E-state index contributed by atoms with van der Waals surface area (Å²) in [4.78, 5) is 10.6. The molecule has 1 rings (SSSR count). The lowest BCUT2D eigenvalue weighted by Gasteiger charge is -2.06. The molecule has 0 radical (unpaired) electrons. The van der Waals surface area contributed by atoms with Gasteiger partial charge >= 0.3 is 5.97 Å². The fourth-order valence-corrected chi connectivity index (χ4v) is 2.26. The van der Waals surface area contributed by atoms with Crippen molar-refractivity contribution in [3.05, 3.63) is 24.3 Å². The van der Waals surface area contributed by atoms with Crippen LogP contribution in [0.15, 0.2) is 29.2 Å². The average molecular weight is 285 g/mol. The molecule has 0 unspecified atom stereocenters. The van der Waals surface area contributed by atoms with Crippen LogP contribution in [0.5, 0.6) is 0 Å². The van der Waals surface area contributed by atoms with Crippen molar-refractivity contribution in [2.45, 2.75) is 30.6 Å². The van der Waals surface area contributed by atoms with Gasteiger partial charge in [0, 0.05) is 24.9 Å². The summed E-state index contributed by atoms with van der Waals surface area (Å²) in [7, 11) is -3.14. The van der Waals surface area contributed by atoms with Crippen LogP contribution in [0, 0.1) is 0 Å². The van der Waals surface area contributed by atoms with Crippen LogP contribution in [0.25, 0.3) is 0 Å². The summed E-state index contributed by atoms with van der Waals surface area (Å²) in [6.45, 7) is 0.748. The van der Waals surface area contributed by atoms with Crippen LogP contribution < -0.4 is 5.32 Å². The fourth-order valence-electron chi connectivity index (χ4n) is 1.63. The van der Waals surface area contributed by atoms with E-state index in [0.29, 0.717) is 11.3 Å². The van der Waals surface area contributed by atoms with Crippen LogP contribution in [-0.4, -0.2) is 32.3 Å². The van der Waals surface area contributed by atoms with Gasteiger partial charge in [0.1, 0.15) is 0 Å². The lowest BCUT2D eigenvalue weighted by molar-refractivity contribution is -0.137. The Morgan fingerprint density at radius 3 is 2.32 bits per heavy atom. The summed E-state index contributed by atoms with van der Waals surface area (Å²) in [6.07, 6.45) is 3.83. The van der Waals surface area contributed by atoms with Gasteiger partial charge in [-0.2, -0.15) is 0 Å². The highest BCUT2D eigenvalue weighted by Crippen LogP contribution is 2.14. The zero-order valence-corrected chi connectivity index (χ0v) is 11.7. The van der Waals surface area contributed by atoms with Crippen molar-refractivity contribution in [2.24, 2.45) is 0 Å². The monoisotopic (exact) mass is 285 g/mol. The van der Waals surface area contributed by atoms with Crippen LogP contribution in [0.4, 0.5) is 5.69 Å². The molecule has 0 aromatic heterocycles. The Balaban J connectivity index is 2.29. The van der Waals surface area contributed by atoms with Crippen molar-refractivity contribution < 1.29 is 18.3 Å². The molecule has 0 aliphatic carbocycles. The number of benzene rings is 1. The summed E-state index contributed by atoms with van der Waals surface area (Å²) in [5.74, 6) is -0.760. The molecule has 0 spiro atoms. The number of anilines is 1. The lowest BCUT2D eigenvalue weighted by Crippen LogP contribution is -2.03. The Hall–Kier alpha value is -1.56. The fraction of sp³-hybridized carbons (Fsp3) is 0.462. The highest BCUT2D eigenvalue weighted by atomic mass is 32.2. The highest BCUT2D eigenvalue weighted by Gasteiger charge is 2.05. The van der Waals surface area contributed by atoms with Gasteiger partial charge in [0.25, 0.3) is 0 Å². The smallest absolute Gasteiger partial charge is 0.303 e. The molecule has 106 valence electrons. The van der Waals surface area contributed by atoms with Crippen LogP contribution >= 0.6 is 0 Å². The number of rotatable bonds is 8. The molecule has 1 aromatic rings. The molecule has 2 N–H and O–H groups in total. The third kappa shape index (κ3) is 6.24. The Morgan fingerprint density at radius 1 is 1.16 bits per heavy atom. The number of hydrogen-bond donors (Lipinski definition) is 2. The maximum atomic E-state index is 11.3. The molecule has 0 fully saturated rings. The van der Waals surface area contributed by atoms with Crippen LogP contribution in [0.1, 0.15) is 25.7 Å². The molecule has 0 heterocycles. The van der Waals surface area contributed by atoms with Gasteiger partial charge in [0.05, 0.1) is 4.90 Å². The Bertz CT molecular complexity index is 508. The second-order valence-corrected chi connectivity index (χ2v) is 6.44. The number of aliphatic carboxylic acids is 1. The second-order valence-electron chi connectivity index (χ2n) is 4.43. The summed E-state index contributed by atoms with van der Waals surface area (Å²) < 4.78 is 22.5. The molecule has 1 aromatic carbocycles. The van der Waals surface area contributed by atoms with E-state index in [1.165, 1.54) is 6.26 Å². The minimum atomic E-state index is -3.14. The van der Waals surface area contributed by atoms with Crippen molar-refractivity contribution in [3.8, 4) is 0 Å². The highest BCUT2D eigenvalue weighted by molar-refractivity contribution is 7.90. The molecule has 0 atom stereocenters. The van der Waals surface area contributed by atoms with E-state index >= 15 is 0 Å². The first-order valence-corrected chi connectivity index (χ1v) is 8.04. The van der Waals surface area contributed by atoms with E-state index in [1.54, 1.807) is 24.3 Å². The molecule has 0 saturated carbocycles. The number of hydrogen-bond acceptors (Lipinski definition) is 4. The third-order valence-electron chi connectivity index (χ3n) is 2.68. The quantitative estimate of drug-likeness (QED) is 0.715. The van der Waals surface area contributed by atoms with Gasteiger partial charge in [0.2, 0.25) is 0 Å².